The van der Waals surface area contributed by atoms with Gasteiger partial charge in [0.1, 0.15) is 0 Å². The molecule has 6 heteroatoms. The van der Waals surface area contributed by atoms with Crippen LogP contribution in [0.1, 0.15) is 45.0 Å². The number of ketones is 1. The molecule has 1 aromatic heterocycles. The van der Waals surface area contributed by atoms with Crippen LogP contribution in [0.3, 0.4) is 0 Å². The minimum absolute atomic E-state index is 0.135. The number of likely N-dealkylation sites (N-methyl/N-ethyl adjacent to an activating group) is 1. The Balaban J connectivity index is 2.31. The minimum Gasteiger partial charge on any atom is -0.503 e. The van der Waals surface area contributed by atoms with E-state index in [2.05, 4.69) is 18.7 Å². The topological polar surface area (TPSA) is 60.9 Å². The summed E-state index contributed by atoms with van der Waals surface area (Å²) >= 11 is 1.51. The number of hydrogen-bond acceptors (Lipinski definition) is 5. The Kier molecular flexibility index (Phi) is 6.79. The van der Waals surface area contributed by atoms with Gasteiger partial charge < -0.3 is 14.9 Å². The van der Waals surface area contributed by atoms with Crippen LogP contribution in [0, 0.1) is 5.92 Å². The van der Waals surface area contributed by atoms with Gasteiger partial charge in [-0.2, -0.15) is 0 Å². The Morgan fingerprint density at radius 2 is 2.04 bits per heavy atom. The van der Waals surface area contributed by atoms with Crippen molar-refractivity contribution < 1.29 is 14.7 Å². The summed E-state index contributed by atoms with van der Waals surface area (Å²) in [4.78, 5) is 30.2. The maximum Gasteiger partial charge on any atom is 0.290 e. The lowest BCUT2D eigenvalue weighted by Crippen LogP contribution is -2.38. The third-order valence-electron chi connectivity index (χ3n) is 4.56. The monoisotopic (exact) mass is 364 g/mol. The molecule has 2 rings (SSSR count). The third-order valence-corrected chi connectivity index (χ3v) is 5.49. The summed E-state index contributed by atoms with van der Waals surface area (Å²) in [6.45, 7) is 11.1. The van der Waals surface area contributed by atoms with Gasteiger partial charge in [0.15, 0.2) is 11.5 Å². The molecule has 1 unspecified atom stereocenters. The summed E-state index contributed by atoms with van der Waals surface area (Å²) < 4.78 is 0. The summed E-state index contributed by atoms with van der Waals surface area (Å²) in [7, 11) is 0. The fourth-order valence-corrected chi connectivity index (χ4v) is 4.03. The molecule has 5 nitrogen and oxygen atoms in total. The molecular formula is C19H28N2O3S. The molecular weight excluding hydrogens is 336 g/mol. The van der Waals surface area contributed by atoms with Crippen LogP contribution in [0.15, 0.2) is 28.8 Å². The highest BCUT2D eigenvalue weighted by atomic mass is 32.1. The van der Waals surface area contributed by atoms with E-state index >= 15 is 0 Å². The van der Waals surface area contributed by atoms with Gasteiger partial charge in [-0.05, 0) is 30.5 Å². The van der Waals surface area contributed by atoms with Crippen LogP contribution in [-0.2, 0) is 9.59 Å². The molecule has 1 amide bonds. The average Bonchev–Trinajstić information content (AvgIpc) is 3.16. The lowest BCUT2D eigenvalue weighted by molar-refractivity contribution is -0.129. The predicted octanol–water partition coefficient (Wildman–Crippen LogP) is 3.40. The summed E-state index contributed by atoms with van der Waals surface area (Å²) in [5, 5.41) is 12.4. The Bertz CT molecular complexity index is 633. The van der Waals surface area contributed by atoms with E-state index in [1.54, 1.807) is 4.90 Å². The largest absolute Gasteiger partial charge is 0.503 e. The lowest BCUT2D eigenvalue weighted by Gasteiger charge is -2.28. The van der Waals surface area contributed by atoms with E-state index in [0.717, 1.165) is 24.5 Å². The summed E-state index contributed by atoms with van der Waals surface area (Å²) in [5.41, 5.74) is 0.265. The smallest absolute Gasteiger partial charge is 0.290 e. The second kappa shape index (κ2) is 8.63. The second-order valence-corrected chi connectivity index (χ2v) is 7.71. The maximum absolute atomic E-state index is 12.7. The number of aliphatic hydroxyl groups is 1. The number of nitrogens with zero attached hydrogens (tertiary/aromatic N) is 2. The molecule has 0 radical (unpaired) electrons. The number of hydrogen-bond donors (Lipinski definition) is 1. The van der Waals surface area contributed by atoms with Gasteiger partial charge in [-0.1, -0.05) is 33.8 Å². The number of thiophene rings is 1. The molecule has 1 aliphatic heterocycles. The SMILES string of the molecule is CCN(CC)CCN1C(=O)C(O)=C(C(=O)CC(C)C)C1c1cccs1. The first kappa shape index (κ1) is 19.7. The molecule has 0 aromatic carbocycles. The summed E-state index contributed by atoms with van der Waals surface area (Å²) in [6, 6.07) is 3.37. The van der Waals surface area contributed by atoms with Crippen LogP contribution < -0.4 is 0 Å². The van der Waals surface area contributed by atoms with Crippen LogP contribution in [-0.4, -0.2) is 52.8 Å². The molecule has 25 heavy (non-hydrogen) atoms. The molecule has 0 aliphatic carbocycles. The number of aliphatic hydroxyl groups excluding tert-OH is 1. The third kappa shape index (κ3) is 4.30. The van der Waals surface area contributed by atoms with Crippen molar-refractivity contribution in [3.8, 4) is 0 Å². The number of rotatable bonds is 9. The number of amides is 1. The van der Waals surface area contributed by atoms with E-state index in [9.17, 15) is 14.7 Å². The van der Waals surface area contributed by atoms with Crippen molar-refractivity contribution in [2.45, 2.75) is 40.2 Å². The van der Waals surface area contributed by atoms with Gasteiger partial charge in [0.2, 0.25) is 0 Å². The molecule has 0 spiro atoms. The Morgan fingerprint density at radius 1 is 1.36 bits per heavy atom. The van der Waals surface area contributed by atoms with E-state index < -0.39 is 11.9 Å². The maximum atomic E-state index is 12.7. The lowest BCUT2D eigenvalue weighted by atomic mass is 9.95. The van der Waals surface area contributed by atoms with Crippen LogP contribution in [0.4, 0.5) is 0 Å². The zero-order chi connectivity index (χ0) is 18.6. The highest BCUT2D eigenvalue weighted by molar-refractivity contribution is 7.10. The van der Waals surface area contributed by atoms with E-state index in [0.29, 0.717) is 13.0 Å². The molecule has 1 aromatic rings. The van der Waals surface area contributed by atoms with E-state index in [4.69, 9.17) is 0 Å². The quantitative estimate of drug-likeness (QED) is 0.729. The number of Topliss-reactive ketones (excluding diaryl/α,β-unsaturated/α-hetero) is 1. The van der Waals surface area contributed by atoms with Gasteiger partial charge in [0, 0.05) is 24.4 Å². The zero-order valence-electron chi connectivity index (χ0n) is 15.5. The Labute approximate surface area is 153 Å². The van der Waals surface area contributed by atoms with Crippen molar-refractivity contribution in [3.63, 3.8) is 0 Å². The van der Waals surface area contributed by atoms with Gasteiger partial charge in [-0.3, -0.25) is 9.59 Å². The average molecular weight is 365 g/mol. The first-order valence-electron chi connectivity index (χ1n) is 8.93. The van der Waals surface area contributed by atoms with E-state index in [-0.39, 0.29) is 23.0 Å². The van der Waals surface area contributed by atoms with Gasteiger partial charge in [0.05, 0.1) is 11.6 Å². The first-order valence-corrected chi connectivity index (χ1v) is 9.81. The molecule has 1 aliphatic rings. The van der Waals surface area contributed by atoms with Gasteiger partial charge in [-0.15, -0.1) is 11.3 Å². The Morgan fingerprint density at radius 3 is 2.56 bits per heavy atom. The van der Waals surface area contributed by atoms with Crippen molar-refractivity contribution in [1.82, 2.24) is 9.80 Å². The van der Waals surface area contributed by atoms with Crippen LogP contribution in [0.5, 0.6) is 0 Å². The highest BCUT2D eigenvalue weighted by Gasteiger charge is 2.43. The highest BCUT2D eigenvalue weighted by Crippen LogP contribution is 2.40. The normalized spacial score (nSPS) is 18.1. The van der Waals surface area contributed by atoms with Crippen LogP contribution in [0.25, 0.3) is 0 Å². The van der Waals surface area contributed by atoms with Gasteiger partial charge in [0.25, 0.3) is 5.91 Å². The van der Waals surface area contributed by atoms with Crippen molar-refractivity contribution in [1.29, 1.82) is 0 Å². The standard InChI is InChI=1S/C19H28N2O3S/c1-5-20(6-2)9-10-21-17(15-8-7-11-25-15)16(18(23)19(21)24)14(22)12-13(3)4/h7-8,11,13,17,23H,5-6,9-10,12H2,1-4H3. The molecule has 1 N–H and O–H groups in total. The Hall–Kier alpha value is -1.66. The predicted molar refractivity (Wildman–Crippen MR) is 101 cm³/mol. The molecule has 0 fully saturated rings. The van der Waals surface area contributed by atoms with Crippen LogP contribution in [0.2, 0.25) is 0 Å². The summed E-state index contributed by atoms with van der Waals surface area (Å²) in [6.07, 6.45) is 0.332. The van der Waals surface area contributed by atoms with E-state index in [1.807, 2.05) is 31.4 Å². The molecule has 2 heterocycles. The molecule has 1 atom stereocenters. The van der Waals surface area contributed by atoms with E-state index in [1.165, 1.54) is 11.3 Å². The van der Waals surface area contributed by atoms with Crippen molar-refractivity contribution in [3.05, 3.63) is 33.7 Å². The van der Waals surface area contributed by atoms with Crippen molar-refractivity contribution in [2.24, 2.45) is 5.92 Å². The van der Waals surface area contributed by atoms with Crippen molar-refractivity contribution >= 4 is 23.0 Å². The molecule has 0 bridgehead atoms. The van der Waals surface area contributed by atoms with Crippen molar-refractivity contribution in [2.75, 3.05) is 26.2 Å². The number of carbonyl (C=O) groups excluding carboxylic acids is 2. The fraction of sp³-hybridized carbons (Fsp3) is 0.579. The minimum atomic E-state index is -0.464. The van der Waals surface area contributed by atoms with Crippen LogP contribution >= 0.6 is 11.3 Å². The fourth-order valence-electron chi connectivity index (χ4n) is 3.18. The molecule has 0 saturated heterocycles. The molecule has 0 saturated carbocycles. The molecule has 138 valence electrons. The second-order valence-electron chi connectivity index (χ2n) is 6.73. The summed E-state index contributed by atoms with van der Waals surface area (Å²) in [5.74, 6) is -0.762. The van der Waals surface area contributed by atoms with Gasteiger partial charge in [-0.25, -0.2) is 0 Å². The first-order chi connectivity index (χ1) is 11.9. The van der Waals surface area contributed by atoms with Gasteiger partial charge >= 0.3 is 0 Å². The zero-order valence-corrected chi connectivity index (χ0v) is 16.3. The number of carbonyl (C=O) groups is 2.